The van der Waals surface area contributed by atoms with Crippen LogP contribution in [-0.4, -0.2) is 9.97 Å². The van der Waals surface area contributed by atoms with Gasteiger partial charge < -0.3 is 10.6 Å². The van der Waals surface area contributed by atoms with Gasteiger partial charge in [0.25, 0.3) is 0 Å². The van der Waals surface area contributed by atoms with E-state index in [0.29, 0.717) is 5.69 Å². The number of anilines is 4. The molecule has 0 aliphatic rings. The number of alkyl halides is 3. The molecule has 176 valence electrons. The highest BCUT2D eigenvalue weighted by molar-refractivity contribution is 5.63. The Labute approximate surface area is 193 Å². The largest absolute Gasteiger partial charge is 0.421 e. The number of hydrogen-bond acceptors (Lipinski definition) is 4. The molecule has 2 aromatic carbocycles. The summed E-state index contributed by atoms with van der Waals surface area (Å²) in [4.78, 5) is 8.02. The lowest BCUT2D eigenvalue weighted by Gasteiger charge is -2.15. The van der Waals surface area contributed by atoms with E-state index in [-0.39, 0.29) is 11.8 Å². The SMILES string of the molecule is CCCCCc1ccc(Nc2ncc(C(F)(F)F)c(Nc3ccc(CCCC)cc3)n2)cc1. The van der Waals surface area contributed by atoms with Crippen molar-refractivity contribution >= 4 is 23.1 Å². The first-order chi connectivity index (χ1) is 15.9. The number of unbranched alkanes of at least 4 members (excludes halogenated alkanes) is 3. The Hall–Kier alpha value is -3.09. The predicted octanol–water partition coefficient (Wildman–Crippen LogP) is 8.06. The Morgan fingerprint density at radius 3 is 1.82 bits per heavy atom. The minimum Gasteiger partial charge on any atom is -0.340 e. The van der Waals surface area contributed by atoms with Gasteiger partial charge in [0.05, 0.1) is 0 Å². The number of aryl methyl sites for hydroxylation is 2. The van der Waals surface area contributed by atoms with Crippen molar-refractivity contribution in [3.05, 3.63) is 71.4 Å². The highest BCUT2D eigenvalue weighted by Crippen LogP contribution is 2.35. The number of halogens is 3. The summed E-state index contributed by atoms with van der Waals surface area (Å²) in [5, 5.41) is 5.82. The first-order valence-electron chi connectivity index (χ1n) is 11.5. The lowest BCUT2D eigenvalue weighted by molar-refractivity contribution is -0.137. The van der Waals surface area contributed by atoms with Gasteiger partial charge in [-0.3, -0.25) is 0 Å². The second-order valence-electron chi connectivity index (χ2n) is 8.16. The lowest BCUT2D eigenvalue weighted by Crippen LogP contribution is -2.12. The number of hydrogen-bond donors (Lipinski definition) is 2. The smallest absolute Gasteiger partial charge is 0.340 e. The molecule has 0 aliphatic heterocycles. The summed E-state index contributed by atoms with van der Waals surface area (Å²) in [6.07, 6.45) is 3.87. The molecule has 0 spiro atoms. The van der Waals surface area contributed by atoms with E-state index in [1.807, 2.05) is 36.4 Å². The summed E-state index contributed by atoms with van der Waals surface area (Å²) < 4.78 is 40.6. The van der Waals surface area contributed by atoms with E-state index < -0.39 is 11.7 Å². The third-order valence-corrected chi connectivity index (χ3v) is 5.41. The molecular formula is C26H31F3N4. The summed E-state index contributed by atoms with van der Waals surface area (Å²) in [5.74, 6) is -0.179. The Bertz CT molecular complexity index is 1000. The van der Waals surface area contributed by atoms with E-state index in [9.17, 15) is 13.2 Å². The van der Waals surface area contributed by atoms with Crippen LogP contribution in [0.2, 0.25) is 0 Å². The standard InChI is InChI=1S/C26H31F3N4/c1-3-5-7-9-20-12-16-22(17-13-20)32-25-30-18-23(26(27,28)29)24(33-25)31-21-14-10-19(11-15-21)8-6-4-2/h10-18H,3-9H2,1-2H3,(H2,30,31,32,33). The highest BCUT2D eigenvalue weighted by Gasteiger charge is 2.35. The molecule has 0 saturated heterocycles. The zero-order chi connectivity index (χ0) is 23.7. The molecule has 4 nitrogen and oxygen atoms in total. The van der Waals surface area contributed by atoms with Crippen molar-refractivity contribution < 1.29 is 13.2 Å². The minimum absolute atomic E-state index is 0.101. The first kappa shape index (κ1) is 24.6. The summed E-state index contributed by atoms with van der Waals surface area (Å²) in [6, 6.07) is 15.2. The van der Waals surface area contributed by atoms with Crippen LogP contribution >= 0.6 is 0 Å². The fraction of sp³-hybridized carbons (Fsp3) is 0.385. The van der Waals surface area contributed by atoms with Gasteiger partial charge in [-0.15, -0.1) is 0 Å². The molecule has 0 saturated carbocycles. The average Bonchev–Trinajstić information content (AvgIpc) is 2.79. The van der Waals surface area contributed by atoms with Crippen LogP contribution in [0.15, 0.2) is 54.7 Å². The van der Waals surface area contributed by atoms with Crippen molar-refractivity contribution in [2.24, 2.45) is 0 Å². The van der Waals surface area contributed by atoms with Crippen LogP contribution in [0.5, 0.6) is 0 Å². The first-order valence-corrected chi connectivity index (χ1v) is 11.5. The Kier molecular flexibility index (Phi) is 8.69. The normalized spacial score (nSPS) is 11.4. The fourth-order valence-electron chi connectivity index (χ4n) is 3.48. The predicted molar refractivity (Wildman–Crippen MR) is 128 cm³/mol. The maximum atomic E-state index is 13.5. The molecule has 3 rings (SSSR count). The number of rotatable bonds is 11. The molecule has 0 aliphatic carbocycles. The summed E-state index contributed by atoms with van der Waals surface area (Å²) in [6.45, 7) is 4.29. The van der Waals surface area contributed by atoms with Crippen LogP contribution in [-0.2, 0) is 19.0 Å². The average molecular weight is 457 g/mol. The summed E-state index contributed by atoms with van der Waals surface area (Å²) in [7, 11) is 0. The van der Waals surface area contributed by atoms with Crippen LogP contribution in [0.1, 0.15) is 62.6 Å². The Morgan fingerprint density at radius 2 is 1.27 bits per heavy atom. The Balaban J connectivity index is 1.76. The number of nitrogens with one attached hydrogen (secondary N) is 2. The summed E-state index contributed by atoms with van der Waals surface area (Å²) in [5.41, 5.74) is 2.74. The monoisotopic (exact) mass is 456 g/mol. The molecule has 0 bridgehead atoms. The van der Waals surface area contributed by atoms with Crippen molar-refractivity contribution in [1.29, 1.82) is 0 Å². The second kappa shape index (κ2) is 11.7. The molecule has 33 heavy (non-hydrogen) atoms. The zero-order valence-corrected chi connectivity index (χ0v) is 19.2. The highest BCUT2D eigenvalue weighted by atomic mass is 19.4. The van der Waals surface area contributed by atoms with Gasteiger partial charge in [-0.2, -0.15) is 18.2 Å². The topological polar surface area (TPSA) is 49.8 Å². The van der Waals surface area contributed by atoms with Gasteiger partial charge in [-0.25, -0.2) is 4.98 Å². The van der Waals surface area contributed by atoms with E-state index in [4.69, 9.17) is 0 Å². The van der Waals surface area contributed by atoms with E-state index in [1.165, 1.54) is 18.4 Å². The van der Waals surface area contributed by atoms with Gasteiger partial charge in [0, 0.05) is 17.6 Å². The molecule has 0 atom stereocenters. The zero-order valence-electron chi connectivity index (χ0n) is 19.2. The molecule has 0 unspecified atom stereocenters. The van der Waals surface area contributed by atoms with Crippen LogP contribution in [0.4, 0.5) is 36.3 Å². The van der Waals surface area contributed by atoms with Gasteiger partial charge in [-0.1, -0.05) is 57.4 Å². The van der Waals surface area contributed by atoms with E-state index >= 15 is 0 Å². The van der Waals surface area contributed by atoms with E-state index in [1.54, 1.807) is 12.1 Å². The Morgan fingerprint density at radius 1 is 0.727 bits per heavy atom. The third-order valence-electron chi connectivity index (χ3n) is 5.41. The molecule has 7 heteroatoms. The third kappa shape index (κ3) is 7.48. The quantitative estimate of drug-likeness (QED) is 0.287. The van der Waals surface area contributed by atoms with Gasteiger partial charge in [-0.05, 0) is 61.1 Å². The lowest BCUT2D eigenvalue weighted by atomic mass is 10.1. The molecule has 0 radical (unpaired) electrons. The molecule has 1 heterocycles. The molecule has 2 N–H and O–H groups in total. The molecule has 1 aromatic heterocycles. The van der Waals surface area contributed by atoms with Crippen LogP contribution < -0.4 is 10.6 Å². The van der Waals surface area contributed by atoms with Gasteiger partial charge in [0.1, 0.15) is 11.4 Å². The minimum atomic E-state index is -4.57. The maximum Gasteiger partial charge on any atom is 0.421 e. The van der Waals surface area contributed by atoms with Gasteiger partial charge >= 0.3 is 6.18 Å². The number of benzene rings is 2. The number of aromatic nitrogens is 2. The maximum absolute atomic E-state index is 13.5. The van der Waals surface area contributed by atoms with Crippen LogP contribution in [0.25, 0.3) is 0 Å². The van der Waals surface area contributed by atoms with Crippen molar-refractivity contribution in [2.75, 3.05) is 10.6 Å². The van der Waals surface area contributed by atoms with Crippen molar-refractivity contribution in [2.45, 2.75) is 65.0 Å². The molecule has 0 amide bonds. The van der Waals surface area contributed by atoms with Crippen molar-refractivity contribution in [1.82, 2.24) is 9.97 Å². The van der Waals surface area contributed by atoms with Crippen LogP contribution in [0, 0.1) is 0 Å². The van der Waals surface area contributed by atoms with Crippen molar-refractivity contribution in [3.63, 3.8) is 0 Å². The van der Waals surface area contributed by atoms with E-state index in [2.05, 4.69) is 34.4 Å². The van der Waals surface area contributed by atoms with Gasteiger partial charge in [0.15, 0.2) is 0 Å². The molecular weight excluding hydrogens is 425 g/mol. The number of nitrogens with zero attached hydrogens (tertiary/aromatic N) is 2. The van der Waals surface area contributed by atoms with Crippen LogP contribution in [0.3, 0.4) is 0 Å². The second-order valence-corrected chi connectivity index (χ2v) is 8.16. The fourth-order valence-corrected chi connectivity index (χ4v) is 3.48. The summed E-state index contributed by atoms with van der Waals surface area (Å²) >= 11 is 0. The van der Waals surface area contributed by atoms with Crippen molar-refractivity contribution in [3.8, 4) is 0 Å². The molecule has 3 aromatic rings. The molecule has 0 fully saturated rings. The van der Waals surface area contributed by atoms with E-state index in [0.717, 1.165) is 49.6 Å². The van der Waals surface area contributed by atoms with Gasteiger partial charge in [0.2, 0.25) is 5.95 Å².